The summed E-state index contributed by atoms with van der Waals surface area (Å²) in [4.78, 5) is 12.8. The van der Waals surface area contributed by atoms with Crippen molar-refractivity contribution in [2.24, 2.45) is 29.1 Å². The minimum atomic E-state index is 0.410. The fourth-order valence-corrected chi connectivity index (χ4v) is 6.23. The molecule has 0 radical (unpaired) electrons. The fourth-order valence-electron chi connectivity index (χ4n) is 6.23. The largest absolute Gasteiger partial charge is 0.299 e. The molecule has 0 aromatic heterocycles. The summed E-state index contributed by atoms with van der Waals surface area (Å²) in [6.45, 7) is 4.47. The molecule has 0 aliphatic heterocycles. The Balaban J connectivity index is 1.77. The Kier molecular flexibility index (Phi) is 4.24. The number of rotatable bonds is 7. The van der Waals surface area contributed by atoms with Gasteiger partial charge >= 0.3 is 0 Å². The summed E-state index contributed by atoms with van der Waals surface area (Å²) >= 11 is 0. The average molecular weight is 276 g/mol. The summed E-state index contributed by atoms with van der Waals surface area (Å²) < 4.78 is 0. The normalized spacial score (nSPS) is 40.0. The first-order chi connectivity index (χ1) is 9.66. The first-order valence-electron chi connectivity index (χ1n) is 9.19. The number of unbranched alkanes of at least 4 members (excludes halogenated alkanes) is 1. The molecule has 0 saturated heterocycles. The van der Waals surface area contributed by atoms with Crippen LogP contribution in [-0.2, 0) is 4.79 Å². The van der Waals surface area contributed by atoms with Gasteiger partial charge in [0, 0.05) is 12.3 Å². The third kappa shape index (κ3) is 2.57. The lowest BCUT2D eigenvalue weighted by molar-refractivity contribution is -0.140. The lowest BCUT2D eigenvalue weighted by Gasteiger charge is -2.59. The third-order valence-electron chi connectivity index (χ3n) is 6.57. The maximum Gasteiger partial charge on any atom is 0.136 e. The molecular weight excluding hydrogens is 244 g/mol. The molecule has 0 amide bonds. The van der Waals surface area contributed by atoms with Crippen molar-refractivity contribution in [1.82, 2.24) is 0 Å². The van der Waals surface area contributed by atoms with Gasteiger partial charge in [0.2, 0.25) is 0 Å². The summed E-state index contributed by atoms with van der Waals surface area (Å²) in [6, 6.07) is 0. The summed E-state index contributed by atoms with van der Waals surface area (Å²) in [7, 11) is 0. The Morgan fingerprint density at radius 3 is 2.00 bits per heavy atom. The van der Waals surface area contributed by atoms with E-state index in [0.29, 0.717) is 17.1 Å². The Morgan fingerprint density at radius 1 is 1.00 bits per heavy atom. The highest BCUT2D eigenvalue weighted by atomic mass is 16.1. The molecule has 4 aliphatic rings. The zero-order chi connectivity index (χ0) is 14.2. The van der Waals surface area contributed by atoms with Crippen LogP contribution in [0.1, 0.15) is 84.5 Å². The van der Waals surface area contributed by atoms with Gasteiger partial charge in [-0.2, -0.15) is 0 Å². The summed E-state index contributed by atoms with van der Waals surface area (Å²) in [5, 5.41) is 0. The van der Waals surface area contributed by atoms with Crippen molar-refractivity contribution in [2.75, 3.05) is 0 Å². The first kappa shape index (κ1) is 14.6. The number of Topliss-reactive ketones (excluding diaryl/α,β-unsaturated/α-hetero) is 1. The van der Waals surface area contributed by atoms with Gasteiger partial charge in [-0.3, -0.25) is 4.79 Å². The maximum absolute atomic E-state index is 12.8. The van der Waals surface area contributed by atoms with Gasteiger partial charge in [-0.25, -0.2) is 0 Å². The molecule has 114 valence electrons. The fraction of sp³-hybridized carbons (Fsp3) is 0.947. The zero-order valence-corrected chi connectivity index (χ0v) is 13.5. The number of carbonyl (C=O) groups excluding carboxylic acids is 1. The molecule has 4 fully saturated rings. The molecule has 20 heavy (non-hydrogen) atoms. The van der Waals surface area contributed by atoms with Gasteiger partial charge in [0.25, 0.3) is 0 Å². The van der Waals surface area contributed by atoms with Crippen LogP contribution < -0.4 is 0 Å². The van der Waals surface area contributed by atoms with Crippen LogP contribution in [0.2, 0.25) is 0 Å². The molecule has 4 bridgehead atoms. The van der Waals surface area contributed by atoms with Crippen molar-refractivity contribution >= 4 is 5.78 Å². The SMILES string of the molecule is CCCCC(=O)[C@H](CCC)C12CC3CC(CC(C3)C1)C2. The van der Waals surface area contributed by atoms with Crippen molar-refractivity contribution in [2.45, 2.75) is 84.5 Å². The van der Waals surface area contributed by atoms with Crippen LogP contribution in [-0.4, -0.2) is 5.78 Å². The van der Waals surface area contributed by atoms with Crippen LogP contribution in [0.15, 0.2) is 0 Å². The van der Waals surface area contributed by atoms with E-state index in [1.807, 2.05) is 0 Å². The predicted octanol–water partition coefficient (Wildman–Crippen LogP) is 5.38. The third-order valence-corrected chi connectivity index (χ3v) is 6.57. The van der Waals surface area contributed by atoms with Gasteiger partial charge < -0.3 is 0 Å². The number of carbonyl (C=O) groups is 1. The van der Waals surface area contributed by atoms with E-state index in [2.05, 4.69) is 13.8 Å². The lowest BCUT2D eigenvalue weighted by Crippen LogP contribution is -2.51. The number of hydrogen-bond donors (Lipinski definition) is 0. The van der Waals surface area contributed by atoms with E-state index < -0.39 is 0 Å². The Bertz CT molecular complexity index is 321. The highest BCUT2D eigenvalue weighted by Gasteiger charge is 2.54. The van der Waals surface area contributed by atoms with Crippen LogP contribution >= 0.6 is 0 Å². The summed E-state index contributed by atoms with van der Waals surface area (Å²) in [6.07, 6.45) is 14.1. The molecule has 1 heteroatoms. The quantitative estimate of drug-likeness (QED) is 0.610. The van der Waals surface area contributed by atoms with Gasteiger partial charge in [0.05, 0.1) is 0 Å². The number of ketones is 1. The molecular formula is C19H32O. The molecule has 0 aromatic rings. The highest BCUT2D eigenvalue weighted by Crippen LogP contribution is 2.63. The highest BCUT2D eigenvalue weighted by molar-refractivity contribution is 5.81. The van der Waals surface area contributed by atoms with Gasteiger partial charge in [0.15, 0.2) is 0 Å². The van der Waals surface area contributed by atoms with Gasteiger partial charge in [0.1, 0.15) is 5.78 Å². The Morgan fingerprint density at radius 2 is 1.55 bits per heavy atom. The van der Waals surface area contributed by atoms with E-state index in [1.165, 1.54) is 44.9 Å². The molecule has 4 rings (SSSR count). The lowest BCUT2D eigenvalue weighted by atomic mass is 9.45. The van der Waals surface area contributed by atoms with Gasteiger partial charge in [-0.1, -0.05) is 26.7 Å². The summed E-state index contributed by atoms with van der Waals surface area (Å²) in [5.74, 6) is 3.95. The monoisotopic (exact) mass is 276 g/mol. The van der Waals surface area contributed by atoms with Crippen LogP contribution in [0.4, 0.5) is 0 Å². The molecule has 0 N–H and O–H groups in total. The van der Waals surface area contributed by atoms with E-state index in [9.17, 15) is 4.79 Å². The standard InChI is InChI=1S/C19H32O/c1-3-5-7-18(20)17(6-4-2)19-11-14-8-15(12-19)10-16(9-14)13-19/h14-17H,3-13H2,1-2H3/t14?,15?,16?,17-,19?/m0/s1. The van der Waals surface area contributed by atoms with Crippen molar-refractivity contribution < 1.29 is 4.79 Å². The van der Waals surface area contributed by atoms with Gasteiger partial charge in [-0.15, -0.1) is 0 Å². The average Bonchev–Trinajstić information content (AvgIpc) is 2.40. The van der Waals surface area contributed by atoms with Crippen LogP contribution in [0.3, 0.4) is 0 Å². The second-order valence-corrected chi connectivity index (χ2v) is 8.19. The molecule has 0 aromatic carbocycles. The molecule has 4 saturated carbocycles. The number of hydrogen-bond acceptors (Lipinski definition) is 1. The van der Waals surface area contributed by atoms with Crippen molar-refractivity contribution in [3.8, 4) is 0 Å². The zero-order valence-electron chi connectivity index (χ0n) is 13.5. The van der Waals surface area contributed by atoms with Crippen LogP contribution in [0.5, 0.6) is 0 Å². The Hall–Kier alpha value is -0.330. The van der Waals surface area contributed by atoms with Crippen molar-refractivity contribution in [3.63, 3.8) is 0 Å². The smallest absolute Gasteiger partial charge is 0.136 e. The predicted molar refractivity (Wildman–Crippen MR) is 83.5 cm³/mol. The summed E-state index contributed by atoms with van der Waals surface area (Å²) in [5.41, 5.74) is 0.440. The molecule has 0 unspecified atom stereocenters. The van der Waals surface area contributed by atoms with Crippen LogP contribution in [0, 0.1) is 29.1 Å². The van der Waals surface area contributed by atoms with Crippen molar-refractivity contribution in [3.05, 3.63) is 0 Å². The van der Waals surface area contributed by atoms with E-state index in [1.54, 1.807) is 0 Å². The molecule has 0 spiro atoms. The molecule has 1 nitrogen and oxygen atoms in total. The molecule has 0 heterocycles. The van der Waals surface area contributed by atoms with Crippen LogP contribution in [0.25, 0.3) is 0 Å². The first-order valence-corrected chi connectivity index (χ1v) is 9.19. The molecule has 1 atom stereocenters. The topological polar surface area (TPSA) is 17.1 Å². The van der Waals surface area contributed by atoms with Crippen molar-refractivity contribution in [1.29, 1.82) is 0 Å². The Labute approximate surface area is 124 Å². The minimum absolute atomic E-state index is 0.410. The maximum atomic E-state index is 12.8. The minimum Gasteiger partial charge on any atom is -0.299 e. The second kappa shape index (κ2) is 5.81. The van der Waals surface area contributed by atoms with E-state index >= 15 is 0 Å². The molecule has 4 aliphatic carbocycles. The van der Waals surface area contributed by atoms with E-state index in [0.717, 1.165) is 43.4 Å². The second-order valence-electron chi connectivity index (χ2n) is 8.19. The van der Waals surface area contributed by atoms with E-state index in [-0.39, 0.29) is 0 Å². The van der Waals surface area contributed by atoms with E-state index in [4.69, 9.17) is 0 Å². The van der Waals surface area contributed by atoms with Gasteiger partial charge in [-0.05, 0) is 74.5 Å².